The monoisotopic (exact) mass is 455 g/mol. The van der Waals surface area contributed by atoms with Gasteiger partial charge in [-0.25, -0.2) is 23.7 Å². The van der Waals surface area contributed by atoms with Gasteiger partial charge in [0.15, 0.2) is 11.7 Å². The molecule has 1 fully saturated rings. The van der Waals surface area contributed by atoms with Gasteiger partial charge < -0.3 is 14.2 Å². The van der Waals surface area contributed by atoms with Crippen molar-refractivity contribution < 1.29 is 18.0 Å². The molecule has 0 atom stereocenters. The van der Waals surface area contributed by atoms with Gasteiger partial charge in [0.2, 0.25) is 5.91 Å². The van der Waals surface area contributed by atoms with E-state index in [1.807, 2.05) is 17.9 Å². The Balaban J connectivity index is 1.32. The van der Waals surface area contributed by atoms with Gasteiger partial charge in [0.1, 0.15) is 23.3 Å². The number of hydrogen-bond acceptors (Lipinski definition) is 6. The first-order valence-electron chi connectivity index (χ1n) is 11.1. The van der Waals surface area contributed by atoms with Crippen molar-refractivity contribution in [3.8, 4) is 11.3 Å². The number of halogens is 2. The molecular weight excluding hydrogens is 428 g/mol. The van der Waals surface area contributed by atoms with Crippen molar-refractivity contribution in [2.75, 3.05) is 31.1 Å². The lowest BCUT2D eigenvalue weighted by Gasteiger charge is -2.35. The summed E-state index contributed by atoms with van der Waals surface area (Å²) in [6.45, 7) is 8.67. The summed E-state index contributed by atoms with van der Waals surface area (Å²) in [6, 6.07) is 5.59. The molecule has 1 aromatic carbocycles. The second-order valence-electron chi connectivity index (χ2n) is 8.46. The van der Waals surface area contributed by atoms with Crippen molar-refractivity contribution in [2.45, 2.75) is 39.5 Å². The summed E-state index contributed by atoms with van der Waals surface area (Å²) in [7, 11) is 0. The van der Waals surface area contributed by atoms with Crippen LogP contribution in [0.2, 0.25) is 0 Å². The molecule has 0 aliphatic carbocycles. The Morgan fingerprint density at radius 3 is 2.48 bits per heavy atom. The van der Waals surface area contributed by atoms with E-state index in [2.05, 4.69) is 33.7 Å². The normalized spacial score (nSPS) is 14.2. The van der Waals surface area contributed by atoms with Crippen molar-refractivity contribution in [1.29, 1.82) is 0 Å². The number of aromatic nitrogens is 3. The van der Waals surface area contributed by atoms with E-state index in [0.717, 1.165) is 29.5 Å². The first kappa shape index (κ1) is 22.8. The van der Waals surface area contributed by atoms with Crippen LogP contribution in [0.3, 0.4) is 0 Å². The van der Waals surface area contributed by atoms with Crippen LogP contribution in [0.4, 0.5) is 14.6 Å². The van der Waals surface area contributed by atoms with Gasteiger partial charge in [-0.1, -0.05) is 19.9 Å². The molecule has 3 aromatic rings. The fourth-order valence-corrected chi connectivity index (χ4v) is 3.83. The summed E-state index contributed by atoms with van der Waals surface area (Å²) in [5.41, 5.74) is 0.682. The highest BCUT2D eigenvalue weighted by Crippen LogP contribution is 2.27. The van der Waals surface area contributed by atoms with Crippen molar-refractivity contribution in [3.63, 3.8) is 0 Å². The van der Waals surface area contributed by atoms with Gasteiger partial charge in [0.05, 0.1) is 11.8 Å². The average molecular weight is 456 g/mol. The molecule has 0 bridgehead atoms. The number of aryl methyl sites for hydroxylation is 2. The first-order valence-corrected chi connectivity index (χ1v) is 11.1. The Morgan fingerprint density at radius 1 is 1.12 bits per heavy atom. The summed E-state index contributed by atoms with van der Waals surface area (Å²) in [6.07, 6.45) is 1.76. The number of carbonyl (C=O) groups is 1. The zero-order valence-electron chi connectivity index (χ0n) is 19.0. The molecule has 174 valence electrons. The Kier molecular flexibility index (Phi) is 6.67. The number of benzene rings is 1. The van der Waals surface area contributed by atoms with Gasteiger partial charge in [0.25, 0.3) is 0 Å². The SMILES string of the molecule is Cc1cc(N2CCN(C(=O)CCc3ncc(-c4c(F)cccc4F)o3)CC2)nc(C(C)C)n1. The molecule has 0 unspecified atom stereocenters. The molecule has 3 heterocycles. The van der Waals surface area contributed by atoms with Crippen LogP contribution in [0.25, 0.3) is 11.3 Å². The highest BCUT2D eigenvalue weighted by atomic mass is 19.1. The lowest BCUT2D eigenvalue weighted by molar-refractivity contribution is -0.131. The van der Waals surface area contributed by atoms with Gasteiger partial charge in [0, 0.05) is 56.7 Å². The zero-order valence-corrected chi connectivity index (χ0v) is 19.0. The Labute approximate surface area is 191 Å². The number of oxazole rings is 1. The van der Waals surface area contributed by atoms with Crippen LogP contribution in [0.5, 0.6) is 0 Å². The number of amides is 1. The maximum Gasteiger partial charge on any atom is 0.223 e. The largest absolute Gasteiger partial charge is 0.441 e. The molecule has 9 heteroatoms. The predicted molar refractivity (Wildman–Crippen MR) is 120 cm³/mol. The molecule has 1 saturated heterocycles. The summed E-state index contributed by atoms with van der Waals surface area (Å²) in [5.74, 6) is 0.817. The van der Waals surface area contributed by atoms with Gasteiger partial charge in [-0.05, 0) is 19.1 Å². The fourth-order valence-electron chi connectivity index (χ4n) is 3.83. The van der Waals surface area contributed by atoms with Crippen LogP contribution in [0.15, 0.2) is 34.9 Å². The maximum absolute atomic E-state index is 13.9. The smallest absolute Gasteiger partial charge is 0.223 e. The van der Waals surface area contributed by atoms with Crippen molar-refractivity contribution in [3.05, 3.63) is 59.5 Å². The van der Waals surface area contributed by atoms with Crippen LogP contribution < -0.4 is 4.90 Å². The second-order valence-corrected chi connectivity index (χ2v) is 8.46. The summed E-state index contributed by atoms with van der Waals surface area (Å²) in [4.78, 5) is 29.9. The molecule has 1 aliphatic heterocycles. The fraction of sp³-hybridized carbons (Fsp3) is 0.417. The van der Waals surface area contributed by atoms with E-state index in [0.29, 0.717) is 26.2 Å². The van der Waals surface area contributed by atoms with E-state index in [-0.39, 0.29) is 41.9 Å². The van der Waals surface area contributed by atoms with E-state index in [9.17, 15) is 13.6 Å². The van der Waals surface area contributed by atoms with Crippen LogP contribution in [0, 0.1) is 18.6 Å². The summed E-state index contributed by atoms with van der Waals surface area (Å²) < 4.78 is 33.4. The van der Waals surface area contributed by atoms with Crippen molar-refractivity contribution >= 4 is 11.7 Å². The third kappa shape index (κ3) is 5.18. The minimum Gasteiger partial charge on any atom is -0.441 e. The lowest BCUT2D eigenvalue weighted by Crippen LogP contribution is -2.49. The first-order chi connectivity index (χ1) is 15.8. The highest BCUT2D eigenvalue weighted by molar-refractivity contribution is 5.76. The number of nitrogens with zero attached hydrogens (tertiary/aromatic N) is 5. The molecule has 7 nitrogen and oxygen atoms in total. The average Bonchev–Trinajstić information content (AvgIpc) is 3.25. The third-order valence-corrected chi connectivity index (χ3v) is 5.65. The highest BCUT2D eigenvalue weighted by Gasteiger charge is 2.23. The molecule has 1 amide bonds. The summed E-state index contributed by atoms with van der Waals surface area (Å²) >= 11 is 0. The van der Waals surface area contributed by atoms with Gasteiger partial charge in [-0.2, -0.15) is 0 Å². The van der Waals surface area contributed by atoms with E-state index in [4.69, 9.17) is 4.42 Å². The number of piperazine rings is 1. The van der Waals surface area contributed by atoms with Crippen LogP contribution in [-0.2, 0) is 11.2 Å². The maximum atomic E-state index is 13.9. The lowest BCUT2D eigenvalue weighted by atomic mass is 10.1. The topological polar surface area (TPSA) is 75.4 Å². The van der Waals surface area contributed by atoms with Gasteiger partial charge >= 0.3 is 0 Å². The minimum atomic E-state index is -0.717. The number of anilines is 1. The third-order valence-electron chi connectivity index (χ3n) is 5.65. The second kappa shape index (κ2) is 9.64. The molecule has 0 saturated carbocycles. The van der Waals surface area contributed by atoms with E-state index < -0.39 is 11.6 Å². The van der Waals surface area contributed by atoms with E-state index >= 15 is 0 Å². The zero-order chi connectivity index (χ0) is 23.5. The van der Waals surface area contributed by atoms with Gasteiger partial charge in [-0.15, -0.1) is 0 Å². The van der Waals surface area contributed by atoms with E-state index in [1.54, 1.807) is 0 Å². The molecule has 0 radical (unpaired) electrons. The predicted octanol–water partition coefficient (Wildman–Crippen LogP) is 4.12. The molecule has 33 heavy (non-hydrogen) atoms. The van der Waals surface area contributed by atoms with Crippen LogP contribution >= 0.6 is 0 Å². The van der Waals surface area contributed by atoms with Crippen molar-refractivity contribution in [1.82, 2.24) is 19.9 Å². The molecule has 1 aliphatic rings. The summed E-state index contributed by atoms with van der Waals surface area (Å²) in [5, 5.41) is 0. The quantitative estimate of drug-likeness (QED) is 0.557. The molecule has 0 spiro atoms. The standard InChI is InChI=1S/C24H27F2N5O2/c1-15(2)24-28-16(3)13-20(29-24)30-9-11-31(12-10-30)22(32)8-7-21-27-14-19(33-21)23-17(25)5-4-6-18(23)26/h4-6,13-15H,7-12H2,1-3H3. The van der Waals surface area contributed by atoms with E-state index in [1.165, 1.54) is 12.3 Å². The molecule has 2 aromatic heterocycles. The number of rotatable bonds is 6. The Bertz CT molecular complexity index is 1120. The van der Waals surface area contributed by atoms with Crippen molar-refractivity contribution in [2.24, 2.45) is 0 Å². The molecular formula is C24H27F2N5O2. The van der Waals surface area contributed by atoms with Crippen LogP contribution in [-0.4, -0.2) is 51.9 Å². The number of carbonyl (C=O) groups excluding carboxylic acids is 1. The Morgan fingerprint density at radius 2 is 1.82 bits per heavy atom. The number of hydrogen-bond donors (Lipinski definition) is 0. The Hall–Kier alpha value is -3.36. The molecule has 4 rings (SSSR count). The van der Waals surface area contributed by atoms with Crippen LogP contribution in [0.1, 0.15) is 43.6 Å². The molecule has 0 N–H and O–H groups in total. The van der Waals surface area contributed by atoms with Gasteiger partial charge in [-0.3, -0.25) is 4.79 Å². The minimum absolute atomic E-state index is 0.00629.